The number of piperazine rings is 1. The Morgan fingerprint density at radius 2 is 2.00 bits per heavy atom. The first-order valence-corrected chi connectivity index (χ1v) is 9.21. The minimum absolute atomic E-state index is 0.0273. The minimum atomic E-state index is -0.711. The Bertz CT molecular complexity index is 872. The summed E-state index contributed by atoms with van der Waals surface area (Å²) in [4.78, 5) is 26.7. The first-order valence-electron chi connectivity index (χ1n) is 9.21. The molecule has 5 nitrogen and oxygen atoms in total. The largest absolute Gasteiger partial charge is 0.353 e. The number of carbonyl (C=O) groups is 2. The SMILES string of the molecule is Cc1ccccc1CN1CCNC(=O)[C@@H]1CC(=O)NCc1ccc(F)cc1F. The molecule has 148 valence electrons. The summed E-state index contributed by atoms with van der Waals surface area (Å²) in [7, 11) is 0. The maximum atomic E-state index is 13.7. The molecule has 0 unspecified atom stereocenters. The van der Waals surface area contributed by atoms with Crippen LogP contribution >= 0.6 is 0 Å². The first-order chi connectivity index (χ1) is 13.4. The van der Waals surface area contributed by atoms with E-state index in [9.17, 15) is 18.4 Å². The summed E-state index contributed by atoms with van der Waals surface area (Å²) in [6.45, 7) is 3.70. The maximum Gasteiger partial charge on any atom is 0.237 e. The second-order valence-electron chi connectivity index (χ2n) is 6.92. The second kappa shape index (κ2) is 8.93. The first kappa shape index (κ1) is 19.9. The average Bonchev–Trinajstić information content (AvgIpc) is 2.65. The third kappa shape index (κ3) is 4.92. The Hall–Kier alpha value is -2.80. The van der Waals surface area contributed by atoms with Gasteiger partial charge in [-0.2, -0.15) is 0 Å². The predicted octanol–water partition coefficient (Wildman–Crippen LogP) is 2.28. The Kier molecular flexibility index (Phi) is 6.36. The van der Waals surface area contributed by atoms with Gasteiger partial charge in [0.1, 0.15) is 11.6 Å². The molecule has 1 saturated heterocycles. The average molecular weight is 387 g/mol. The highest BCUT2D eigenvalue weighted by Gasteiger charge is 2.31. The van der Waals surface area contributed by atoms with Crippen molar-refractivity contribution in [1.82, 2.24) is 15.5 Å². The molecule has 2 amide bonds. The molecule has 2 aromatic carbocycles. The number of hydrogen-bond acceptors (Lipinski definition) is 3. The second-order valence-corrected chi connectivity index (χ2v) is 6.92. The number of rotatable bonds is 6. The number of nitrogens with one attached hydrogen (secondary N) is 2. The smallest absolute Gasteiger partial charge is 0.237 e. The third-order valence-electron chi connectivity index (χ3n) is 4.95. The summed E-state index contributed by atoms with van der Waals surface area (Å²) in [5, 5.41) is 5.41. The van der Waals surface area contributed by atoms with Gasteiger partial charge in [-0.1, -0.05) is 30.3 Å². The van der Waals surface area contributed by atoms with Crippen LogP contribution in [-0.2, 0) is 22.7 Å². The van der Waals surface area contributed by atoms with Gasteiger partial charge in [-0.05, 0) is 24.1 Å². The molecule has 0 aromatic heterocycles. The summed E-state index contributed by atoms with van der Waals surface area (Å²) in [5.41, 5.74) is 2.43. The van der Waals surface area contributed by atoms with E-state index in [0.29, 0.717) is 19.6 Å². The van der Waals surface area contributed by atoms with E-state index in [0.717, 1.165) is 23.3 Å². The van der Waals surface area contributed by atoms with Crippen molar-refractivity contribution in [1.29, 1.82) is 0 Å². The van der Waals surface area contributed by atoms with E-state index in [1.54, 1.807) is 0 Å². The Labute approximate surface area is 162 Å². The molecule has 0 radical (unpaired) electrons. The van der Waals surface area contributed by atoms with E-state index < -0.39 is 17.7 Å². The monoisotopic (exact) mass is 387 g/mol. The Morgan fingerprint density at radius 1 is 1.21 bits per heavy atom. The molecule has 0 spiro atoms. The molecule has 7 heteroatoms. The molecule has 0 bridgehead atoms. The van der Waals surface area contributed by atoms with Gasteiger partial charge >= 0.3 is 0 Å². The van der Waals surface area contributed by atoms with Crippen LogP contribution in [0.3, 0.4) is 0 Å². The van der Waals surface area contributed by atoms with E-state index >= 15 is 0 Å². The summed E-state index contributed by atoms with van der Waals surface area (Å²) < 4.78 is 26.7. The lowest BCUT2D eigenvalue weighted by molar-refractivity contribution is -0.134. The number of halogens is 2. The lowest BCUT2D eigenvalue weighted by Gasteiger charge is -2.35. The fraction of sp³-hybridized carbons (Fsp3) is 0.333. The summed E-state index contributed by atoms with van der Waals surface area (Å²) in [6.07, 6.45) is -0.0273. The fourth-order valence-corrected chi connectivity index (χ4v) is 3.29. The number of benzene rings is 2. The molecule has 28 heavy (non-hydrogen) atoms. The minimum Gasteiger partial charge on any atom is -0.353 e. The molecule has 1 fully saturated rings. The maximum absolute atomic E-state index is 13.7. The zero-order valence-corrected chi connectivity index (χ0v) is 15.7. The summed E-state index contributed by atoms with van der Waals surface area (Å²) in [5.74, 6) is -1.93. The number of aryl methyl sites for hydroxylation is 1. The molecule has 0 aliphatic carbocycles. The van der Waals surface area contributed by atoms with Gasteiger partial charge in [0.15, 0.2) is 0 Å². The number of carbonyl (C=O) groups excluding carboxylic acids is 2. The van der Waals surface area contributed by atoms with E-state index in [2.05, 4.69) is 10.6 Å². The normalized spacial score (nSPS) is 17.2. The van der Waals surface area contributed by atoms with Crippen molar-refractivity contribution < 1.29 is 18.4 Å². The lowest BCUT2D eigenvalue weighted by atomic mass is 10.0. The van der Waals surface area contributed by atoms with Gasteiger partial charge < -0.3 is 10.6 Å². The fourth-order valence-electron chi connectivity index (χ4n) is 3.29. The van der Waals surface area contributed by atoms with Crippen LogP contribution in [0.4, 0.5) is 8.78 Å². The van der Waals surface area contributed by atoms with Gasteiger partial charge in [0.25, 0.3) is 0 Å². The zero-order valence-electron chi connectivity index (χ0n) is 15.7. The summed E-state index contributed by atoms with van der Waals surface area (Å²) in [6, 6.07) is 10.6. The molecular weight excluding hydrogens is 364 g/mol. The molecular formula is C21H23F2N3O2. The highest BCUT2D eigenvalue weighted by molar-refractivity contribution is 5.88. The van der Waals surface area contributed by atoms with Crippen molar-refractivity contribution >= 4 is 11.8 Å². The molecule has 1 aliphatic rings. The van der Waals surface area contributed by atoms with Gasteiger partial charge in [0.05, 0.1) is 12.5 Å². The lowest BCUT2D eigenvalue weighted by Crippen LogP contribution is -2.56. The molecule has 2 aromatic rings. The number of hydrogen-bond donors (Lipinski definition) is 2. The van der Waals surface area contributed by atoms with Crippen LogP contribution < -0.4 is 10.6 Å². The van der Waals surface area contributed by atoms with Gasteiger partial charge in [-0.15, -0.1) is 0 Å². The quantitative estimate of drug-likeness (QED) is 0.800. The standard InChI is InChI=1S/C21H23F2N3O2/c1-14-4-2-3-5-16(14)13-26-9-8-24-21(28)19(26)11-20(27)25-12-15-6-7-17(22)10-18(15)23/h2-7,10,19H,8-9,11-13H2,1H3,(H,24,28)(H,25,27)/t19-/m0/s1. The molecule has 1 atom stereocenters. The van der Waals surface area contributed by atoms with Crippen LogP contribution in [0, 0.1) is 18.6 Å². The molecule has 1 heterocycles. The van der Waals surface area contributed by atoms with Crippen LogP contribution in [0.5, 0.6) is 0 Å². The zero-order chi connectivity index (χ0) is 20.1. The third-order valence-corrected chi connectivity index (χ3v) is 4.95. The number of amides is 2. The van der Waals surface area contributed by atoms with Crippen molar-refractivity contribution in [3.05, 3.63) is 70.8 Å². The molecule has 3 rings (SSSR count). The van der Waals surface area contributed by atoms with Crippen molar-refractivity contribution in [3.8, 4) is 0 Å². The van der Waals surface area contributed by atoms with Crippen molar-refractivity contribution in [2.75, 3.05) is 13.1 Å². The predicted molar refractivity (Wildman–Crippen MR) is 101 cm³/mol. The Balaban J connectivity index is 1.63. The van der Waals surface area contributed by atoms with Crippen molar-refractivity contribution in [2.45, 2.75) is 32.5 Å². The van der Waals surface area contributed by atoms with Crippen molar-refractivity contribution in [2.24, 2.45) is 0 Å². The van der Waals surface area contributed by atoms with E-state index in [1.807, 2.05) is 36.1 Å². The topological polar surface area (TPSA) is 61.4 Å². The van der Waals surface area contributed by atoms with E-state index in [1.165, 1.54) is 6.07 Å². The number of nitrogens with zero attached hydrogens (tertiary/aromatic N) is 1. The highest BCUT2D eigenvalue weighted by atomic mass is 19.1. The molecule has 1 aliphatic heterocycles. The van der Waals surface area contributed by atoms with Gasteiger partial charge in [-0.25, -0.2) is 8.78 Å². The Morgan fingerprint density at radius 3 is 2.75 bits per heavy atom. The van der Waals surface area contributed by atoms with Crippen molar-refractivity contribution in [3.63, 3.8) is 0 Å². The molecule has 0 saturated carbocycles. The van der Waals surface area contributed by atoms with Gasteiger partial charge in [0, 0.05) is 37.8 Å². The van der Waals surface area contributed by atoms with Gasteiger partial charge in [-0.3, -0.25) is 14.5 Å². The van der Waals surface area contributed by atoms with E-state index in [-0.39, 0.29) is 30.3 Å². The van der Waals surface area contributed by atoms with Crippen LogP contribution in [0.2, 0.25) is 0 Å². The summed E-state index contributed by atoms with van der Waals surface area (Å²) >= 11 is 0. The molecule has 2 N–H and O–H groups in total. The van der Waals surface area contributed by atoms with Crippen LogP contribution in [0.25, 0.3) is 0 Å². The van der Waals surface area contributed by atoms with Gasteiger partial charge in [0.2, 0.25) is 11.8 Å². The van der Waals surface area contributed by atoms with Crippen LogP contribution in [-0.4, -0.2) is 35.8 Å². The highest BCUT2D eigenvalue weighted by Crippen LogP contribution is 2.17. The van der Waals surface area contributed by atoms with Crippen LogP contribution in [0.15, 0.2) is 42.5 Å². The van der Waals surface area contributed by atoms with Crippen LogP contribution in [0.1, 0.15) is 23.1 Å². The van der Waals surface area contributed by atoms with E-state index in [4.69, 9.17) is 0 Å².